The smallest absolute Gasteiger partial charge is 0.246 e. The van der Waals surface area contributed by atoms with Gasteiger partial charge in [-0.1, -0.05) is 41.9 Å². The van der Waals surface area contributed by atoms with E-state index in [2.05, 4.69) is 34.3 Å². The van der Waals surface area contributed by atoms with E-state index in [1.165, 1.54) is 5.56 Å². The molecule has 1 amide bonds. The summed E-state index contributed by atoms with van der Waals surface area (Å²) in [7, 11) is 1.79. The number of rotatable bonds is 4. The van der Waals surface area contributed by atoms with Gasteiger partial charge in [0.1, 0.15) is 5.15 Å². The zero-order valence-corrected chi connectivity index (χ0v) is 15.4. The summed E-state index contributed by atoms with van der Waals surface area (Å²) in [4.78, 5) is 16.7. The molecule has 0 saturated carbocycles. The highest BCUT2D eigenvalue weighted by atomic mass is 35.5. The summed E-state index contributed by atoms with van der Waals surface area (Å²) in [6.07, 6.45) is 3.37. The van der Waals surface area contributed by atoms with E-state index in [1.54, 1.807) is 23.9 Å². The van der Waals surface area contributed by atoms with Gasteiger partial charge in [-0.2, -0.15) is 5.10 Å². The van der Waals surface area contributed by atoms with E-state index < -0.39 is 0 Å². The van der Waals surface area contributed by atoms with Crippen LogP contribution in [0.15, 0.2) is 36.4 Å². The minimum atomic E-state index is 0.0266. The summed E-state index contributed by atoms with van der Waals surface area (Å²) in [6, 6.07) is 10.4. The third kappa shape index (κ3) is 4.30. The molecular weight excluding hydrogens is 336 g/mol. The number of benzene rings is 1. The lowest BCUT2D eigenvalue weighted by Gasteiger charge is -2.34. The second-order valence-corrected chi connectivity index (χ2v) is 6.69. The van der Waals surface area contributed by atoms with Crippen molar-refractivity contribution < 1.29 is 4.79 Å². The van der Waals surface area contributed by atoms with Crippen molar-refractivity contribution in [2.75, 3.05) is 26.2 Å². The monoisotopic (exact) mass is 358 g/mol. The van der Waals surface area contributed by atoms with Crippen LogP contribution in [0, 0.1) is 6.92 Å². The minimum Gasteiger partial charge on any atom is -0.337 e. The van der Waals surface area contributed by atoms with Gasteiger partial charge in [0.05, 0.1) is 5.69 Å². The molecule has 0 bridgehead atoms. The van der Waals surface area contributed by atoms with E-state index >= 15 is 0 Å². The molecule has 1 aromatic heterocycles. The minimum absolute atomic E-state index is 0.0266. The zero-order chi connectivity index (χ0) is 17.8. The van der Waals surface area contributed by atoms with Crippen LogP contribution in [-0.4, -0.2) is 51.7 Å². The van der Waals surface area contributed by atoms with Crippen molar-refractivity contribution >= 4 is 23.6 Å². The fourth-order valence-corrected chi connectivity index (χ4v) is 3.30. The first kappa shape index (κ1) is 17.7. The Kier molecular flexibility index (Phi) is 5.56. The molecule has 3 rings (SSSR count). The third-order valence-corrected chi connectivity index (χ3v) is 4.97. The van der Waals surface area contributed by atoms with Gasteiger partial charge in [-0.25, -0.2) is 0 Å². The highest BCUT2D eigenvalue weighted by Crippen LogP contribution is 2.20. The number of piperazine rings is 1. The van der Waals surface area contributed by atoms with Crippen molar-refractivity contribution in [3.8, 4) is 0 Å². The van der Waals surface area contributed by atoms with E-state index in [-0.39, 0.29) is 5.91 Å². The number of nitrogens with zero attached hydrogens (tertiary/aromatic N) is 4. The number of amides is 1. The molecule has 0 atom stereocenters. The Bertz CT molecular complexity index is 761. The number of hydrogen-bond acceptors (Lipinski definition) is 3. The first-order valence-electron chi connectivity index (χ1n) is 8.47. The summed E-state index contributed by atoms with van der Waals surface area (Å²) in [5.41, 5.74) is 2.94. The number of aromatic nitrogens is 2. The molecule has 132 valence electrons. The molecule has 1 aliphatic rings. The Balaban J connectivity index is 1.54. The second kappa shape index (κ2) is 7.85. The molecule has 0 unspecified atom stereocenters. The summed E-state index contributed by atoms with van der Waals surface area (Å²) >= 11 is 6.20. The Hall–Kier alpha value is -2.11. The van der Waals surface area contributed by atoms with Crippen LogP contribution in [-0.2, 0) is 18.4 Å². The Morgan fingerprint density at radius 1 is 1.20 bits per heavy atom. The molecule has 2 aromatic rings. The van der Waals surface area contributed by atoms with Crippen molar-refractivity contribution in [1.29, 1.82) is 0 Å². The van der Waals surface area contributed by atoms with Gasteiger partial charge in [0.15, 0.2) is 0 Å². The first-order chi connectivity index (χ1) is 12.0. The van der Waals surface area contributed by atoms with Crippen molar-refractivity contribution in [1.82, 2.24) is 19.6 Å². The quantitative estimate of drug-likeness (QED) is 0.789. The molecule has 1 saturated heterocycles. The van der Waals surface area contributed by atoms with Crippen LogP contribution < -0.4 is 0 Å². The average Bonchev–Trinajstić information content (AvgIpc) is 2.86. The van der Waals surface area contributed by atoms with E-state index in [4.69, 9.17) is 11.6 Å². The Morgan fingerprint density at radius 2 is 1.88 bits per heavy atom. The third-order valence-electron chi connectivity index (χ3n) is 4.52. The molecule has 0 N–H and O–H groups in total. The molecule has 1 aliphatic heterocycles. The number of carbonyl (C=O) groups is 1. The highest BCUT2D eigenvalue weighted by Gasteiger charge is 2.20. The molecule has 6 heteroatoms. The molecule has 0 spiro atoms. The molecule has 0 radical (unpaired) electrons. The van der Waals surface area contributed by atoms with Crippen LogP contribution >= 0.6 is 11.6 Å². The van der Waals surface area contributed by atoms with Crippen molar-refractivity contribution in [2.24, 2.45) is 7.05 Å². The van der Waals surface area contributed by atoms with Gasteiger partial charge < -0.3 is 4.90 Å². The van der Waals surface area contributed by atoms with Gasteiger partial charge in [-0.15, -0.1) is 0 Å². The average molecular weight is 359 g/mol. The van der Waals surface area contributed by atoms with Crippen LogP contribution in [0.2, 0.25) is 5.15 Å². The standard InChI is InChI=1S/C19H23ClN4O/c1-15-17(19(20)22(2)21-15)8-9-18(25)24-12-10-23(11-13-24)14-16-6-4-3-5-7-16/h3-9H,10-14H2,1-2H3/b9-8+. The van der Waals surface area contributed by atoms with Gasteiger partial charge in [-0.3, -0.25) is 14.4 Å². The fourth-order valence-electron chi connectivity index (χ4n) is 3.06. The Labute approximate surface area is 153 Å². The molecule has 1 aromatic carbocycles. The predicted octanol–water partition coefficient (Wildman–Crippen LogP) is 2.74. The van der Waals surface area contributed by atoms with Gasteiger partial charge in [0, 0.05) is 51.4 Å². The fraction of sp³-hybridized carbons (Fsp3) is 0.368. The molecule has 5 nitrogen and oxygen atoms in total. The van der Waals surface area contributed by atoms with Crippen LogP contribution in [0.1, 0.15) is 16.8 Å². The van der Waals surface area contributed by atoms with E-state index in [1.807, 2.05) is 17.9 Å². The summed E-state index contributed by atoms with van der Waals surface area (Å²) in [5, 5.41) is 4.80. The van der Waals surface area contributed by atoms with Gasteiger partial charge in [0.2, 0.25) is 5.91 Å². The maximum absolute atomic E-state index is 12.4. The van der Waals surface area contributed by atoms with Gasteiger partial charge in [0.25, 0.3) is 0 Å². The number of carbonyl (C=O) groups excluding carboxylic acids is 1. The zero-order valence-electron chi connectivity index (χ0n) is 14.7. The normalized spacial score (nSPS) is 15.9. The first-order valence-corrected chi connectivity index (χ1v) is 8.85. The van der Waals surface area contributed by atoms with Crippen molar-refractivity contribution in [3.05, 3.63) is 58.4 Å². The van der Waals surface area contributed by atoms with Crippen molar-refractivity contribution in [2.45, 2.75) is 13.5 Å². The second-order valence-electron chi connectivity index (χ2n) is 6.33. The Morgan fingerprint density at radius 3 is 2.48 bits per heavy atom. The lowest BCUT2D eigenvalue weighted by molar-refractivity contribution is -0.127. The lowest BCUT2D eigenvalue weighted by Crippen LogP contribution is -2.47. The van der Waals surface area contributed by atoms with Gasteiger partial charge >= 0.3 is 0 Å². The highest BCUT2D eigenvalue weighted by molar-refractivity contribution is 6.31. The number of aryl methyl sites for hydroxylation is 2. The molecule has 1 fully saturated rings. The molecular formula is C19H23ClN4O. The van der Waals surface area contributed by atoms with Gasteiger partial charge in [-0.05, 0) is 18.6 Å². The van der Waals surface area contributed by atoms with Crippen LogP contribution in [0.25, 0.3) is 6.08 Å². The number of hydrogen-bond donors (Lipinski definition) is 0. The lowest BCUT2D eigenvalue weighted by atomic mass is 10.2. The van der Waals surface area contributed by atoms with E-state index in [9.17, 15) is 4.79 Å². The maximum Gasteiger partial charge on any atom is 0.246 e. The summed E-state index contributed by atoms with van der Waals surface area (Å²) < 4.78 is 1.61. The molecule has 25 heavy (non-hydrogen) atoms. The van der Waals surface area contributed by atoms with Crippen LogP contribution in [0.5, 0.6) is 0 Å². The van der Waals surface area contributed by atoms with Crippen molar-refractivity contribution in [3.63, 3.8) is 0 Å². The van der Waals surface area contributed by atoms with E-state index in [0.717, 1.165) is 44.0 Å². The predicted molar refractivity (Wildman–Crippen MR) is 100 cm³/mol. The topological polar surface area (TPSA) is 41.4 Å². The van der Waals surface area contributed by atoms with E-state index in [0.29, 0.717) is 5.15 Å². The summed E-state index contributed by atoms with van der Waals surface area (Å²) in [5.74, 6) is 0.0266. The molecule has 2 heterocycles. The maximum atomic E-state index is 12.4. The van der Waals surface area contributed by atoms with Crippen LogP contribution in [0.4, 0.5) is 0 Å². The van der Waals surface area contributed by atoms with Crippen LogP contribution in [0.3, 0.4) is 0 Å². The SMILES string of the molecule is Cc1nn(C)c(Cl)c1/C=C/C(=O)N1CCN(Cc2ccccc2)CC1. The largest absolute Gasteiger partial charge is 0.337 e. The summed E-state index contributed by atoms with van der Waals surface area (Å²) in [6.45, 7) is 6.09. The number of halogens is 1. The molecule has 0 aliphatic carbocycles.